The molecule has 1 saturated heterocycles. The largest absolute Gasteiger partial charge is 0.435 e. The summed E-state index contributed by atoms with van der Waals surface area (Å²) in [4.78, 5) is 28.2. The number of likely N-dealkylation sites (N-methyl/N-ethyl adjacent to an activating group) is 1. The summed E-state index contributed by atoms with van der Waals surface area (Å²) in [5, 5.41) is 3.18. The van der Waals surface area contributed by atoms with Crippen LogP contribution in [0.3, 0.4) is 0 Å². The van der Waals surface area contributed by atoms with Crippen molar-refractivity contribution in [1.82, 2.24) is 19.9 Å². The van der Waals surface area contributed by atoms with Gasteiger partial charge in [-0.3, -0.25) is 4.79 Å². The van der Waals surface area contributed by atoms with Crippen LogP contribution in [-0.4, -0.2) is 58.9 Å². The molecule has 10 heteroatoms. The number of anilines is 3. The number of ketones is 1. The molecule has 2 aromatic heterocycles. The quantitative estimate of drug-likeness (QED) is 0.365. The van der Waals surface area contributed by atoms with Crippen LogP contribution in [0.15, 0.2) is 42.7 Å². The molecule has 4 aromatic rings. The number of benzene rings is 2. The van der Waals surface area contributed by atoms with Crippen molar-refractivity contribution in [1.29, 1.82) is 0 Å². The topological polar surface area (TPSA) is 86.4 Å². The number of piperazine rings is 1. The summed E-state index contributed by atoms with van der Waals surface area (Å²) in [5.74, 6) is -2.15. The van der Waals surface area contributed by atoms with E-state index in [1.54, 1.807) is 6.92 Å². The summed E-state index contributed by atoms with van der Waals surface area (Å²) in [6.07, 6.45) is 1.20. The molecule has 0 bridgehead atoms. The molecule has 2 N–H and O–H groups in total. The Morgan fingerprint density at radius 3 is 2.50 bits per heavy atom. The van der Waals surface area contributed by atoms with Crippen LogP contribution in [-0.2, 0) is 0 Å². The molecule has 0 spiro atoms. The molecule has 0 atom stereocenters. The van der Waals surface area contributed by atoms with Gasteiger partial charge < -0.3 is 24.8 Å². The van der Waals surface area contributed by atoms with Gasteiger partial charge in [0.25, 0.3) is 0 Å². The first-order valence-electron chi connectivity index (χ1n) is 11.6. The van der Waals surface area contributed by atoms with E-state index >= 15 is 4.39 Å². The summed E-state index contributed by atoms with van der Waals surface area (Å²) in [6, 6.07) is 10.2. The smallest absolute Gasteiger partial charge is 0.235 e. The molecule has 36 heavy (non-hydrogen) atoms. The third-order valence-electron chi connectivity index (χ3n) is 6.27. The van der Waals surface area contributed by atoms with Crippen molar-refractivity contribution in [3.8, 4) is 11.6 Å². The van der Waals surface area contributed by atoms with Gasteiger partial charge in [0.1, 0.15) is 17.7 Å². The van der Waals surface area contributed by atoms with Gasteiger partial charge in [0.2, 0.25) is 5.88 Å². The van der Waals surface area contributed by atoms with Gasteiger partial charge in [-0.25, -0.2) is 18.7 Å². The molecule has 3 heterocycles. The summed E-state index contributed by atoms with van der Waals surface area (Å²) in [6.45, 7) is 6.96. The maximum absolute atomic E-state index is 15.1. The number of H-pyrrole nitrogens is 1. The van der Waals surface area contributed by atoms with E-state index in [0.717, 1.165) is 37.9 Å². The molecule has 186 valence electrons. The number of ether oxygens (including phenoxy) is 1. The summed E-state index contributed by atoms with van der Waals surface area (Å²) >= 11 is 0. The second-order valence-corrected chi connectivity index (χ2v) is 8.93. The zero-order valence-corrected chi connectivity index (χ0v) is 20.2. The van der Waals surface area contributed by atoms with E-state index < -0.39 is 11.6 Å². The zero-order valence-electron chi connectivity index (χ0n) is 20.2. The molecule has 0 unspecified atom stereocenters. The van der Waals surface area contributed by atoms with E-state index in [-0.39, 0.29) is 39.7 Å². The average molecular weight is 493 g/mol. The first-order chi connectivity index (χ1) is 17.3. The van der Waals surface area contributed by atoms with Crippen molar-refractivity contribution < 1.29 is 18.3 Å². The van der Waals surface area contributed by atoms with Gasteiger partial charge in [-0.1, -0.05) is 0 Å². The molecule has 0 amide bonds. The second-order valence-electron chi connectivity index (χ2n) is 8.93. The molecule has 1 aliphatic rings. The Kier molecular flexibility index (Phi) is 6.27. The van der Waals surface area contributed by atoms with Crippen molar-refractivity contribution in [2.24, 2.45) is 0 Å². The molecule has 1 fully saturated rings. The highest BCUT2D eigenvalue weighted by Gasteiger charge is 2.22. The molecular weight excluding hydrogens is 466 g/mol. The Bertz CT molecular complexity index is 1430. The third kappa shape index (κ3) is 4.59. The van der Waals surface area contributed by atoms with Gasteiger partial charge in [0.15, 0.2) is 23.2 Å². The minimum atomic E-state index is -0.752. The SMILES string of the molecule is CC(=O)c1c(Nc2ccc(N3CCN(C)CC3)cc2)ncnc1Oc1cc(F)c2[nH]c(C)cc2c1F. The van der Waals surface area contributed by atoms with Crippen LogP contribution in [0, 0.1) is 18.6 Å². The number of nitrogens with zero attached hydrogens (tertiary/aromatic N) is 4. The monoisotopic (exact) mass is 492 g/mol. The maximum Gasteiger partial charge on any atom is 0.235 e. The predicted molar refractivity (Wildman–Crippen MR) is 134 cm³/mol. The molecule has 1 aliphatic heterocycles. The number of nitrogens with one attached hydrogen (secondary N) is 2. The van der Waals surface area contributed by atoms with E-state index in [1.165, 1.54) is 19.3 Å². The lowest BCUT2D eigenvalue weighted by Crippen LogP contribution is -2.44. The number of halogens is 2. The standard InChI is InChI=1S/C26H26F2N6O2/c1-15-12-19-23(28)21(13-20(27)24(19)31-15)36-26-22(16(2)35)25(29-14-30-26)32-17-4-6-18(7-5-17)34-10-8-33(3)9-11-34/h4-7,12-14,31H,8-11H2,1-3H3,(H,29,30,32). The van der Waals surface area contributed by atoms with E-state index in [0.29, 0.717) is 11.4 Å². The van der Waals surface area contributed by atoms with Crippen LogP contribution in [0.4, 0.5) is 26.0 Å². The number of aromatic amines is 1. The fraction of sp³-hybridized carbons (Fsp3) is 0.269. The fourth-order valence-electron chi connectivity index (χ4n) is 4.33. The molecular formula is C26H26F2N6O2. The van der Waals surface area contributed by atoms with E-state index in [2.05, 4.69) is 37.1 Å². The summed E-state index contributed by atoms with van der Waals surface area (Å²) in [5.41, 5.74) is 2.51. The number of carbonyl (C=O) groups is 1. The third-order valence-corrected chi connectivity index (χ3v) is 6.27. The first kappa shape index (κ1) is 23.7. The number of hydrogen-bond donors (Lipinski definition) is 2. The number of aryl methyl sites for hydroxylation is 1. The zero-order chi connectivity index (χ0) is 25.4. The number of rotatable bonds is 6. The Morgan fingerprint density at radius 1 is 1.08 bits per heavy atom. The highest BCUT2D eigenvalue weighted by molar-refractivity contribution is 6.01. The lowest BCUT2D eigenvalue weighted by atomic mass is 10.2. The van der Waals surface area contributed by atoms with E-state index in [4.69, 9.17) is 4.74 Å². The minimum Gasteiger partial charge on any atom is -0.435 e. The van der Waals surface area contributed by atoms with Crippen LogP contribution in [0.1, 0.15) is 23.0 Å². The second kappa shape index (κ2) is 9.54. The van der Waals surface area contributed by atoms with Crippen LogP contribution in [0.5, 0.6) is 11.6 Å². The number of hydrogen-bond acceptors (Lipinski definition) is 7. The van der Waals surface area contributed by atoms with Crippen molar-refractivity contribution in [2.45, 2.75) is 13.8 Å². The van der Waals surface area contributed by atoms with Crippen molar-refractivity contribution in [2.75, 3.05) is 43.4 Å². The van der Waals surface area contributed by atoms with Crippen molar-refractivity contribution in [3.05, 3.63) is 65.6 Å². The number of Topliss-reactive ketones (excluding diaryl/α,β-unsaturated/α-hetero) is 1. The van der Waals surface area contributed by atoms with Crippen molar-refractivity contribution >= 4 is 33.9 Å². The number of fused-ring (bicyclic) bond motifs is 1. The summed E-state index contributed by atoms with van der Waals surface area (Å²) < 4.78 is 35.3. The molecule has 2 aromatic carbocycles. The van der Waals surface area contributed by atoms with Gasteiger partial charge >= 0.3 is 0 Å². The normalized spacial score (nSPS) is 14.3. The molecule has 5 rings (SSSR count). The van der Waals surface area contributed by atoms with Gasteiger partial charge in [-0.15, -0.1) is 0 Å². The Morgan fingerprint density at radius 2 is 1.81 bits per heavy atom. The molecule has 0 radical (unpaired) electrons. The number of aromatic nitrogens is 3. The van der Waals surface area contributed by atoms with Gasteiger partial charge in [-0.2, -0.15) is 0 Å². The average Bonchev–Trinajstić information content (AvgIpc) is 3.26. The van der Waals surface area contributed by atoms with Gasteiger partial charge in [0, 0.05) is 54.7 Å². The van der Waals surface area contributed by atoms with Gasteiger partial charge in [0.05, 0.1) is 5.52 Å². The highest BCUT2D eigenvalue weighted by Crippen LogP contribution is 2.35. The molecule has 0 aliphatic carbocycles. The lowest BCUT2D eigenvalue weighted by Gasteiger charge is -2.34. The minimum absolute atomic E-state index is 0.0331. The fourth-order valence-corrected chi connectivity index (χ4v) is 4.33. The van der Waals surface area contributed by atoms with Crippen molar-refractivity contribution in [3.63, 3.8) is 0 Å². The van der Waals surface area contributed by atoms with Crippen LogP contribution >= 0.6 is 0 Å². The van der Waals surface area contributed by atoms with Crippen LogP contribution in [0.2, 0.25) is 0 Å². The van der Waals surface area contributed by atoms with Crippen LogP contribution in [0.25, 0.3) is 10.9 Å². The lowest BCUT2D eigenvalue weighted by molar-refractivity contribution is 0.101. The Balaban J connectivity index is 1.42. The number of carbonyl (C=O) groups excluding carboxylic acids is 1. The Labute approximate surface area is 206 Å². The predicted octanol–water partition coefficient (Wildman–Crippen LogP) is 5.03. The Hall–Kier alpha value is -4.05. The highest BCUT2D eigenvalue weighted by atomic mass is 19.1. The van der Waals surface area contributed by atoms with Crippen LogP contribution < -0.4 is 15.0 Å². The van der Waals surface area contributed by atoms with Gasteiger partial charge in [-0.05, 0) is 51.2 Å². The van der Waals surface area contributed by atoms with E-state index in [9.17, 15) is 9.18 Å². The summed E-state index contributed by atoms with van der Waals surface area (Å²) in [7, 11) is 2.11. The molecule has 0 saturated carbocycles. The maximum atomic E-state index is 15.1. The van der Waals surface area contributed by atoms with E-state index in [1.807, 2.05) is 24.3 Å². The molecule has 8 nitrogen and oxygen atoms in total. The first-order valence-corrected chi connectivity index (χ1v) is 11.6.